The van der Waals surface area contributed by atoms with Crippen molar-refractivity contribution < 1.29 is 0 Å². The summed E-state index contributed by atoms with van der Waals surface area (Å²) in [4.78, 5) is 4.53. The van der Waals surface area contributed by atoms with E-state index in [9.17, 15) is 0 Å². The maximum Gasteiger partial charge on any atom is 0.111 e. The number of hydrogen-bond acceptors (Lipinski definition) is 2. The largest absolute Gasteiger partial charge is 0.330 e. The lowest BCUT2D eigenvalue weighted by Crippen LogP contribution is -2.35. The molecule has 3 nitrogen and oxygen atoms in total. The molecule has 3 heteroatoms. The Hall–Kier alpha value is -0.830. The van der Waals surface area contributed by atoms with Crippen LogP contribution in [0.5, 0.6) is 0 Å². The molecule has 0 bridgehead atoms. The SMILES string of the molecule is CNC1CCCCCC1n1ccnc1C(C)C. The van der Waals surface area contributed by atoms with Crippen LogP contribution in [-0.4, -0.2) is 22.6 Å². The molecular weight excluding hydrogens is 210 g/mol. The summed E-state index contributed by atoms with van der Waals surface area (Å²) >= 11 is 0. The van der Waals surface area contributed by atoms with Crippen molar-refractivity contribution in [2.24, 2.45) is 0 Å². The number of hydrogen-bond donors (Lipinski definition) is 1. The summed E-state index contributed by atoms with van der Waals surface area (Å²) in [7, 11) is 2.09. The Morgan fingerprint density at radius 2 is 2.06 bits per heavy atom. The zero-order valence-corrected chi connectivity index (χ0v) is 11.3. The van der Waals surface area contributed by atoms with Gasteiger partial charge in [-0.3, -0.25) is 0 Å². The summed E-state index contributed by atoms with van der Waals surface area (Å²) in [5.41, 5.74) is 0. The van der Waals surface area contributed by atoms with Gasteiger partial charge in [0, 0.05) is 24.4 Å². The van der Waals surface area contributed by atoms with Crippen molar-refractivity contribution in [3.8, 4) is 0 Å². The van der Waals surface area contributed by atoms with E-state index < -0.39 is 0 Å². The number of imidazole rings is 1. The fourth-order valence-corrected chi connectivity index (χ4v) is 3.01. The van der Waals surface area contributed by atoms with Gasteiger partial charge in [0.1, 0.15) is 5.82 Å². The van der Waals surface area contributed by atoms with E-state index in [-0.39, 0.29) is 0 Å². The molecule has 1 saturated carbocycles. The normalized spacial score (nSPS) is 26.1. The zero-order valence-electron chi connectivity index (χ0n) is 11.3. The van der Waals surface area contributed by atoms with Crippen LogP contribution < -0.4 is 5.32 Å². The predicted molar refractivity (Wildman–Crippen MR) is 71.3 cm³/mol. The van der Waals surface area contributed by atoms with Crippen molar-refractivity contribution in [2.45, 2.75) is 64.0 Å². The summed E-state index contributed by atoms with van der Waals surface area (Å²) in [5.74, 6) is 1.74. The third-order valence-corrected chi connectivity index (χ3v) is 3.92. The first kappa shape index (κ1) is 12.6. The molecule has 2 atom stereocenters. The van der Waals surface area contributed by atoms with Crippen molar-refractivity contribution in [3.05, 3.63) is 18.2 Å². The molecule has 1 heterocycles. The van der Waals surface area contributed by atoms with E-state index in [2.05, 4.69) is 42.0 Å². The van der Waals surface area contributed by atoms with Gasteiger partial charge in [-0.2, -0.15) is 0 Å². The Balaban J connectivity index is 2.25. The van der Waals surface area contributed by atoms with Gasteiger partial charge in [0.25, 0.3) is 0 Å². The van der Waals surface area contributed by atoms with E-state index >= 15 is 0 Å². The average Bonchev–Trinajstić information content (AvgIpc) is 2.68. The van der Waals surface area contributed by atoms with Gasteiger partial charge < -0.3 is 9.88 Å². The minimum absolute atomic E-state index is 0.505. The molecule has 2 rings (SSSR count). The molecule has 0 radical (unpaired) electrons. The summed E-state index contributed by atoms with van der Waals surface area (Å²) in [6.45, 7) is 4.45. The first-order chi connectivity index (χ1) is 8.24. The van der Waals surface area contributed by atoms with Crippen LogP contribution in [0, 0.1) is 0 Å². The Labute approximate surface area is 105 Å². The number of likely N-dealkylation sites (N-methyl/N-ethyl adjacent to an activating group) is 1. The van der Waals surface area contributed by atoms with Gasteiger partial charge in [-0.15, -0.1) is 0 Å². The molecule has 0 spiro atoms. The van der Waals surface area contributed by atoms with Crippen molar-refractivity contribution in [3.63, 3.8) is 0 Å². The lowest BCUT2D eigenvalue weighted by molar-refractivity contribution is 0.336. The van der Waals surface area contributed by atoms with Crippen LogP contribution in [0.4, 0.5) is 0 Å². The van der Waals surface area contributed by atoms with Gasteiger partial charge in [0.05, 0.1) is 6.04 Å². The fraction of sp³-hybridized carbons (Fsp3) is 0.786. The first-order valence-electron chi connectivity index (χ1n) is 6.94. The van der Waals surface area contributed by atoms with Crippen molar-refractivity contribution in [1.82, 2.24) is 14.9 Å². The molecule has 0 aliphatic heterocycles. The van der Waals surface area contributed by atoms with E-state index in [1.807, 2.05) is 6.20 Å². The Morgan fingerprint density at radius 1 is 1.29 bits per heavy atom. The summed E-state index contributed by atoms with van der Waals surface area (Å²) < 4.78 is 2.41. The maximum atomic E-state index is 4.53. The highest BCUT2D eigenvalue weighted by Gasteiger charge is 2.25. The Kier molecular flexibility index (Phi) is 4.21. The molecule has 1 fully saturated rings. The molecule has 1 aromatic heterocycles. The van der Waals surface area contributed by atoms with Gasteiger partial charge in [-0.05, 0) is 19.9 Å². The second kappa shape index (κ2) is 5.67. The number of nitrogens with zero attached hydrogens (tertiary/aromatic N) is 2. The van der Waals surface area contributed by atoms with Crippen LogP contribution in [0.2, 0.25) is 0 Å². The van der Waals surface area contributed by atoms with Gasteiger partial charge in [-0.25, -0.2) is 4.98 Å². The Bertz CT molecular complexity index is 343. The molecule has 0 saturated heterocycles. The second-order valence-corrected chi connectivity index (χ2v) is 5.45. The predicted octanol–water partition coefficient (Wildman–Crippen LogP) is 3.10. The third kappa shape index (κ3) is 2.71. The van der Waals surface area contributed by atoms with Gasteiger partial charge in [0.2, 0.25) is 0 Å². The topological polar surface area (TPSA) is 29.9 Å². The molecule has 2 unspecified atom stereocenters. The van der Waals surface area contributed by atoms with E-state index in [0.29, 0.717) is 18.0 Å². The van der Waals surface area contributed by atoms with Crippen LogP contribution >= 0.6 is 0 Å². The molecule has 1 aliphatic rings. The average molecular weight is 235 g/mol. The molecule has 0 amide bonds. The number of rotatable bonds is 3. The van der Waals surface area contributed by atoms with Crippen LogP contribution in [0.15, 0.2) is 12.4 Å². The van der Waals surface area contributed by atoms with Gasteiger partial charge in [-0.1, -0.05) is 33.1 Å². The van der Waals surface area contributed by atoms with Crippen LogP contribution in [-0.2, 0) is 0 Å². The monoisotopic (exact) mass is 235 g/mol. The molecule has 0 aromatic carbocycles. The van der Waals surface area contributed by atoms with Crippen molar-refractivity contribution in [2.75, 3.05) is 7.05 Å². The van der Waals surface area contributed by atoms with Gasteiger partial charge >= 0.3 is 0 Å². The van der Waals surface area contributed by atoms with Crippen molar-refractivity contribution >= 4 is 0 Å². The highest BCUT2D eigenvalue weighted by atomic mass is 15.1. The Morgan fingerprint density at radius 3 is 2.76 bits per heavy atom. The smallest absolute Gasteiger partial charge is 0.111 e. The number of nitrogens with one attached hydrogen (secondary N) is 1. The standard InChI is InChI=1S/C14H25N3/c1-11(2)14-16-9-10-17(14)13-8-6-4-5-7-12(13)15-3/h9-13,15H,4-8H2,1-3H3. The fourth-order valence-electron chi connectivity index (χ4n) is 3.01. The van der Waals surface area contributed by atoms with Crippen LogP contribution in [0.25, 0.3) is 0 Å². The molecule has 1 aromatic rings. The highest BCUT2D eigenvalue weighted by Crippen LogP contribution is 2.30. The minimum Gasteiger partial charge on any atom is -0.330 e. The summed E-state index contributed by atoms with van der Waals surface area (Å²) in [6, 6.07) is 1.19. The zero-order chi connectivity index (χ0) is 12.3. The summed E-state index contributed by atoms with van der Waals surface area (Å²) in [6.07, 6.45) is 10.8. The highest BCUT2D eigenvalue weighted by molar-refractivity contribution is 5.02. The lowest BCUT2D eigenvalue weighted by atomic mass is 10.0. The van der Waals surface area contributed by atoms with E-state index in [0.717, 1.165) is 0 Å². The molecule has 1 N–H and O–H groups in total. The minimum atomic E-state index is 0.505. The summed E-state index contributed by atoms with van der Waals surface area (Å²) in [5, 5.41) is 3.50. The van der Waals surface area contributed by atoms with Crippen LogP contribution in [0.1, 0.15) is 63.7 Å². The third-order valence-electron chi connectivity index (χ3n) is 3.92. The van der Waals surface area contributed by atoms with Gasteiger partial charge in [0.15, 0.2) is 0 Å². The number of aromatic nitrogens is 2. The van der Waals surface area contributed by atoms with E-state index in [4.69, 9.17) is 0 Å². The van der Waals surface area contributed by atoms with E-state index in [1.165, 1.54) is 37.9 Å². The molecular formula is C14H25N3. The van der Waals surface area contributed by atoms with Crippen molar-refractivity contribution in [1.29, 1.82) is 0 Å². The molecule has 96 valence electrons. The molecule has 1 aliphatic carbocycles. The maximum absolute atomic E-state index is 4.53. The first-order valence-corrected chi connectivity index (χ1v) is 6.94. The second-order valence-electron chi connectivity index (χ2n) is 5.45. The quantitative estimate of drug-likeness (QED) is 0.816. The molecule has 17 heavy (non-hydrogen) atoms. The van der Waals surface area contributed by atoms with E-state index in [1.54, 1.807) is 0 Å². The lowest BCUT2D eigenvalue weighted by Gasteiger charge is -2.28. The van der Waals surface area contributed by atoms with Crippen LogP contribution in [0.3, 0.4) is 0 Å².